The number of hydrogen-bond acceptors (Lipinski definition) is 4. The zero-order chi connectivity index (χ0) is 9.10. The Balaban J connectivity index is 2.00. The van der Waals surface area contributed by atoms with E-state index in [4.69, 9.17) is 5.73 Å². The Labute approximate surface area is 81.5 Å². The predicted octanol–water partition coefficient (Wildman–Crippen LogP) is 1.05. The minimum Gasteiger partial charge on any atom is -0.379 e. The van der Waals surface area contributed by atoms with Crippen molar-refractivity contribution < 1.29 is 0 Å². The van der Waals surface area contributed by atoms with E-state index in [1.165, 1.54) is 5.56 Å². The fourth-order valence-corrected chi connectivity index (χ4v) is 2.11. The van der Waals surface area contributed by atoms with Gasteiger partial charge in [-0.1, -0.05) is 11.8 Å². The number of aliphatic imine (C=N–C) groups is 1. The van der Waals surface area contributed by atoms with Gasteiger partial charge in [0.25, 0.3) is 0 Å². The zero-order valence-electron chi connectivity index (χ0n) is 7.18. The second kappa shape index (κ2) is 3.79. The molecule has 0 radical (unpaired) electrons. The van der Waals surface area contributed by atoms with E-state index < -0.39 is 0 Å². The quantitative estimate of drug-likeness (QED) is 0.764. The number of rotatable bonds is 2. The summed E-state index contributed by atoms with van der Waals surface area (Å²) in [6, 6.07) is 4.40. The maximum atomic E-state index is 5.58. The van der Waals surface area contributed by atoms with Crippen LogP contribution < -0.4 is 5.73 Å². The molecule has 68 valence electrons. The molecule has 1 aromatic heterocycles. The van der Waals surface area contributed by atoms with Crippen LogP contribution in [0.15, 0.2) is 29.5 Å². The van der Waals surface area contributed by atoms with E-state index in [9.17, 15) is 0 Å². The molecule has 1 aliphatic rings. The Morgan fingerprint density at radius 1 is 1.46 bits per heavy atom. The summed E-state index contributed by atoms with van der Waals surface area (Å²) in [7, 11) is 0. The Morgan fingerprint density at radius 2 is 2.23 bits per heavy atom. The van der Waals surface area contributed by atoms with Crippen molar-refractivity contribution in [2.75, 3.05) is 5.75 Å². The Morgan fingerprint density at radius 3 is 2.85 bits per heavy atom. The fourth-order valence-electron chi connectivity index (χ4n) is 1.33. The van der Waals surface area contributed by atoms with E-state index >= 15 is 0 Å². The summed E-state index contributed by atoms with van der Waals surface area (Å²) in [5, 5.41) is 0.721. The summed E-state index contributed by atoms with van der Waals surface area (Å²) in [6.45, 7) is 0. The van der Waals surface area contributed by atoms with Crippen LogP contribution in [0.5, 0.6) is 0 Å². The molecule has 4 heteroatoms. The van der Waals surface area contributed by atoms with E-state index in [0.717, 1.165) is 17.3 Å². The van der Waals surface area contributed by atoms with E-state index in [1.54, 1.807) is 11.8 Å². The molecule has 0 saturated carbocycles. The molecule has 1 aliphatic heterocycles. The molecule has 13 heavy (non-hydrogen) atoms. The maximum Gasteiger partial charge on any atom is 0.154 e. The number of pyridine rings is 1. The first-order chi connectivity index (χ1) is 6.34. The predicted molar refractivity (Wildman–Crippen MR) is 55.8 cm³/mol. The molecule has 0 aromatic carbocycles. The van der Waals surface area contributed by atoms with Crippen LogP contribution in [0.2, 0.25) is 0 Å². The SMILES string of the molecule is NC1=NC(Cc2ccncc2)CS1. The van der Waals surface area contributed by atoms with Gasteiger partial charge in [-0.3, -0.25) is 9.98 Å². The molecule has 0 aliphatic carbocycles. The molecule has 1 unspecified atom stereocenters. The van der Waals surface area contributed by atoms with Gasteiger partial charge in [-0.2, -0.15) is 0 Å². The summed E-state index contributed by atoms with van der Waals surface area (Å²) >= 11 is 1.64. The second-order valence-corrected chi connectivity index (χ2v) is 4.03. The van der Waals surface area contributed by atoms with Gasteiger partial charge < -0.3 is 5.73 Å². The summed E-state index contributed by atoms with van der Waals surface area (Å²) in [4.78, 5) is 8.29. The van der Waals surface area contributed by atoms with Gasteiger partial charge in [-0.25, -0.2) is 0 Å². The number of thioether (sulfide) groups is 1. The highest BCUT2D eigenvalue weighted by Crippen LogP contribution is 2.18. The van der Waals surface area contributed by atoms with E-state index in [0.29, 0.717) is 6.04 Å². The number of nitrogens with two attached hydrogens (primary N) is 1. The third kappa shape index (κ3) is 2.21. The first-order valence-electron chi connectivity index (χ1n) is 4.19. The van der Waals surface area contributed by atoms with Crippen LogP contribution in [0, 0.1) is 0 Å². The average molecular weight is 193 g/mol. The van der Waals surface area contributed by atoms with E-state index in [1.807, 2.05) is 24.5 Å². The topological polar surface area (TPSA) is 51.3 Å². The molecule has 2 heterocycles. The molecule has 1 atom stereocenters. The van der Waals surface area contributed by atoms with Crippen LogP contribution in [-0.4, -0.2) is 21.9 Å². The molecule has 0 bridgehead atoms. The van der Waals surface area contributed by atoms with Crippen LogP contribution in [0.3, 0.4) is 0 Å². The third-order valence-corrected chi connectivity index (χ3v) is 2.91. The summed E-state index contributed by atoms with van der Waals surface area (Å²) in [6.07, 6.45) is 4.59. The molecule has 0 fully saturated rings. The molecule has 0 spiro atoms. The minimum absolute atomic E-state index is 0.354. The lowest BCUT2D eigenvalue weighted by Gasteiger charge is -2.04. The fraction of sp³-hybridized carbons (Fsp3) is 0.333. The lowest BCUT2D eigenvalue weighted by molar-refractivity contribution is 0.761. The molecular weight excluding hydrogens is 182 g/mol. The summed E-state index contributed by atoms with van der Waals surface area (Å²) < 4.78 is 0. The lowest BCUT2D eigenvalue weighted by atomic mass is 10.1. The number of amidine groups is 1. The van der Waals surface area contributed by atoms with Gasteiger partial charge in [0.15, 0.2) is 5.17 Å². The van der Waals surface area contributed by atoms with Crippen molar-refractivity contribution in [2.24, 2.45) is 10.7 Å². The van der Waals surface area contributed by atoms with Gasteiger partial charge in [0.2, 0.25) is 0 Å². The molecule has 0 saturated heterocycles. The Kier molecular flexibility index (Phi) is 2.49. The second-order valence-electron chi connectivity index (χ2n) is 2.99. The lowest BCUT2D eigenvalue weighted by Crippen LogP contribution is -2.08. The molecule has 2 rings (SSSR count). The van der Waals surface area contributed by atoms with Gasteiger partial charge in [0.1, 0.15) is 0 Å². The molecule has 3 nitrogen and oxygen atoms in total. The number of nitrogens with zero attached hydrogens (tertiary/aromatic N) is 2. The van der Waals surface area contributed by atoms with Crippen LogP contribution in [-0.2, 0) is 6.42 Å². The Hall–Kier alpha value is -1.03. The van der Waals surface area contributed by atoms with Crippen molar-refractivity contribution in [2.45, 2.75) is 12.5 Å². The average Bonchev–Trinajstić information content (AvgIpc) is 2.53. The minimum atomic E-state index is 0.354. The van der Waals surface area contributed by atoms with E-state index in [2.05, 4.69) is 9.98 Å². The van der Waals surface area contributed by atoms with Crippen LogP contribution in [0.4, 0.5) is 0 Å². The molecular formula is C9H11N3S. The van der Waals surface area contributed by atoms with Crippen molar-refractivity contribution in [3.8, 4) is 0 Å². The standard InChI is InChI=1S/C9H11N3S/c10-9-12-8(6-13-9)5-7-1-3-11-4-2-7/h1-4,8H,5-6H2,(H2,10,12). The van der Waals surface area contributed by atoms with Crippen LogP contribution in [0.25, 0.3) is 0 Å². The normalized spacial score (nSPS) is 21.5. The van der Waals surface area contributed by atoms with Crippen molar-refractivity contribution in [1.82, 2.24) is 4.98 Å². The smallest absolute Gasteiger partial charge is 0.154 e. The third-order valence-electron chi connectivity index (χ3n) is 1.95. The van der Waals surface area contributed by atoms with Crippen LogP contribution in [0.1, 0.15) is 5.56 Å². The first-order valence-corrected chi connectivity index (χ1v) is 5.18. The molecule has 2 N–H and O–H groups in total. The highest BCUT2D eigenvalue weighted by molar-refractivity contribution is 8.14. The van der Waals surface area contributed by atoms with Gasteiger partial charge in [0.05, 0.1) is 6.04 Å². The van der Waals surface area contributed by atoms with Gasteiger partial charge in [-0.05, 0) is 24.1 Å². The molecule has 0 amide bonds. The van der Waals surface area contributed by atoms with Crippen molar-refractivity contribution >= 4 is 16.9 Å². The highest BCUT2D eigenvalue weighted by atomic mass is 32.2. The van der Waals surface area contributed by atoms with Crippen molar-refractivity contribution in [3.63, 3.8) is 0 Å². The highest BCUT2D eigenvalue weighted by Gasteiger charge is 2.15. The van der Waals surface area contributed by atoms with Gasteiger partial charge in [0, 0.05) is 18.1 Å². The van der Waals surface area contributed by atoms with Gasteiger partial charge in [-0.15, -0.1) is 0 Å². The maximum absolute atomic E-state index is 5.58. The summed E-state index contributed by atoms with van der Waals surface area (Å²) in [5.74, 6) is 1.01. The Bertz CT molecular complexity index is 310. The number of hydrogen-bond donors (Lipinski definition) is 1. The molecule has 1 aromatic rings. The largest absolute Gasteiger partial charge is 0.379 e. The summed E-state index contributed by atoms with van der Waals surface area (Å²) in [5.41, 5.74) is 6.86. The first kappa shape index (κ1) is 8.56. The van der Waals surface area contributed by atoms with Crippen molar-refractivity contribution in [1.29, 1.82) is 0 Å². The number of aromatic nitrogens is 1. The van der Waals surface area contributed by atoms with Crippen molar-refractivity contribution in [3.05, 3.63) is 30.1 Å². The van der Waals surface area contributed by atoms with Gasteiger partial charge >= 0.3 is 0 Å². The van der Waals surface area contributed by atoms with Crippen LogP contribution >= 0.6 is 11.8 Å². The monoisotopic (exact) mass is 193 g/mol. The zero-order valence-corrected chi connectivity index (χ0v) is 8.00. The van der Waals surface area contributed by atoms with E-state index in [-0.39, 0.29) is 0 Å².